The monoisotopic (exact) mass is 428 g/mol. The minimum Gasteiger partial charge on any atom is -0.493 e. The Morgan fingerprint density at radius 3 is 2.84 bits per heavy atom. The Bertz CT molecular complexity index is 1150. The molecule has 2 heterocycles. The number of benzene rings is 2. The number of ether oxygens (including phenoxy) is 3. The number of hydrogen-bond acceptors (Lipinski definition) is 6. The van der Waals surface area contributed by atoms with Gasteiger partial charge in [-0.2, -0.15) is 5.10 Å². The Labute approximate surface area is 177 Å². The fourth-order valence-electron chi connectivity index (χ4n) is 3.35. The van der Waals surface area contributed by atoms with E-state index < -0.39 is 11.7 Å². The molecule has 162 valence electrons. The molecule has 4 rings (SSSR count). The van der Waals surface area contributed by atoms with Crippen molar-refractivity contribution in [3.05, 3.63) is 47.9 Å². The van der Waals surface area contributed by atoms with Gasteiger partial charge in [-0.3, -0.25) is 9.48 Å². The van der Waals surface area contributed by atoms with Crippen molar-refractivity contribution in [1.29, 1.82) is 0 Å². The number of cyclic esters (lactones) is 1. The van der Waals surface area contributed by atoms with Gasteiger partial charge in [0.05, 0.1) is 19.3 Å². The van der Waals surface area contributed by atoms with Gasteiger partial charge < -0.3 is 24.8 Å². The third-order valence-electron chi connectivity index (χ3n) is 4.89. The molecular weight excluding hydrogens is 407 g/mol. The first kappa shape index (κ1) is 20.5. The molecule has 31 heavy (non-hydrogen) atoms. The van der Waals surface area contributed by atoms with Gasteiger partial charge in [0, 0.05) is 30.6 Å². The molecule has 9 nitrogen and oxygen atoms in total. The summed E-state index contributed by atoms with van der Waals surface area (Å²) in [7, 11) is 1.72. The Balaban J connectivity index is 1.44. The van der Waals surface area contributed by atoms with Crippen molar-refractivity contribution in [3.63, 3.8) is 0 Å². The maximum atomic E-state index is 14.6. The zero-order valence-corrected chi connectivity index (χ0v) is 16.8. The summed E-state index contributed by atoms with van der Waals surface area (Å²) in [6, 6.07) is 7.31. The fraction of sp³-hybridized carbons (Fsp3) is 0.286. The Hall–Kier alpha value is -3.82. The lowest BCUT2D eigenvalue weighted by atomic mass is 10.1. The van der Waals surface area contributed by atoms with Crippen LogP contribution < -0.4 is 15.2 Å². The number of aromatic nitrogens is 2. The molecule has 2 aromatic carbocycles. The first-order valence-electron chi connectivity index (χ1n) is 9.70. The third kappa shape index (κ3) is 4.37. The Kier molecular flexibility index (Phi) is 5.61. The summed E-state index contributed by atoms with van der Waals surface area (Å²) < 4.78 is 32.4. The number of hydrogen-bond donors (Lipinski definition) is 1. The summed E-state index contributed by atoms with van der Waals surface area (Å²) in [5.74, 6) is -0.680. The van der Waals surface area contributed by atoms with Crippen LogP contribution in [0.3, 0.4) is 0 Å². The molecule has 1 aliphatic rings. The number of aryl methyl sites for hydroxylation is 1. The van der Waals surface area contributed by atoms with Crippen LogP contribution in [0.25, 0.3) is 10.9 Å². The number of nitrogens with two attached hydrogens (primary N) is 1. The van der Waals surface area contributed by atoms with Crippen LogP contribution in [0.2, 0.25) is 0 Å². The molecular formula is C21H21FN4O5. The van der Waals surface area contributed by atoms with Crippen molar-refractivity contribution < 1.29 is 28.2 Å². The molecule has 0 unspecified atom stereocenters. The van der Waals surface area contributed by atoms with Crippen LogP contribution in [0.5, 0.6) is 17.2 Å². The number of carbonyl (C=O) groups excluding carboxylic acids is 2. The van der Waals surface area contributed by atoms with Crippen LogP contribution >= 0.6 is 0 Å². The van der Waals surface area contributed by atoms with Crippen molar-refractivity contribution in [2.75, 3.05) is 26.3 Å². The van der Waals surface area contributed by atoms with E-state index >= 15 is 0 Å². The molecule has 10 heteroatoms. The standard InChI is InChI=1S/C21H21FN4O5/c1-25-19-14(12-24-25)9-13(20(23)27)10-18(19)31-17-4-3-15(11-16(17)22)29-7-2-5-26-6-8-30-21(26)28/h3-4,9-12H,2,5-8H2,1H3,(H2,23,27). The van der Waals surface area contributed by atoms with Crippen molar-refractivity contribution >= 4 is 22.9 Å². The van der Waals surface area contributed by atoms with Crippen molar-refractivity contribution in [1.82, 2.24) is 14.7 Å². The molecule has 0 atom stereocenters. The van der Waals surface area contributed by atoms with E-state index in [9.17, 15) is 14.0 Å². The highest BCUT2D eigenvalue weighted by molar-refractivity contribution is 5.99. The van der Waals surface area contributed by atoms with Crippen molar-refractivity contribution in [2.24, 2.45) is 12.8 Å². The van der Waals surface area contributed by atoms with Gasteiger partial charge in [-0.25, -0.2) is 9.18 Å². The number of primary amides is 1. The van der Waals surface area contributed by atoms with Crippen molar-refractivity contribution in [2.45, 2.75) is 6.42 Å². The Morgan fingerprint density at radius 2 is 2.13 bits per heavy atom. The number of rotatable bonds is 8. The van der Waals surface area contributed by atoms with Crippen LogP contribution in [-0.2, 0) is 11.8 Å². The largest absolute Gasteiger partial charge is 0.493 e. The van der Waals surface area contributed by atoms with Gasteiger partial charge in [0.2, 0.25) is 5.91 Å². The highest BCUT2D eigenvalue weighted by Crippen LogP contribution is 2.33. The van der Waals surface area contributed by atoms with E-state index in [-0.39, 0.29) is 23.2 Å². The minimum absolute atomic E-state index is 0.0312. The summed E-state index contributed by atoms with van der Waals surface area (Å²) in [6.45, 7) is 1.80. The maximum Gasteiger partial charge on any atom is 0.409 e. The van der Waals surface area contributed by atoms with Crippen LogP contribution in [0.4, 0.5) is 9.18 Å². The molecule has 1 aliphatic heterocycles. The highest BCUT2D eigenvalue weighted by atomic mass is 19.1. The fourth-order valence-corrected chi connectivity index (χ4v) is 3.35. The average Bonchev–Trinajstić information content (AvgIpc) is 3.32. The van der Waals surface area contributed by atoms with E-state index in [1.165, 1.54) is 18.2 Å². The summed E-state index contributed by atoms with van der Waals surface area (Å²) in [5, 5.41) is 4.80. The van der Waals surface area contributed by atoms with E-state index in [0.29, 0.717) is 49.4 Å². The first-order valence-corrected chi connectivity index (χ1v) is 9.70. The number of nitrogens with zero attached hydrogens (tertiary/aromatic N) is 3. The molecule has 3 aromatic rings. The predicted molar refractivity (Wildman–Crippen MR) is 109 cm³/mol. The van der Waals surface area contributed by atoms with Crippen LogP contribution in [0.15, 0.2) is 36.5 Å². The molecule has 0 aliphatic carbocycles. The second-order valence-corrected chi connectivity index (χ2v) is 7.04. The second-order valence-electron chi connectivity index (χ2n) is 7.04. The first-order chi connectivity index (χ1) is 14.9. The lowest BCUT2D eigenvalue weighted by molar-refractivity contribution is 0.1000. The quantitative estimate of drug-likeness (QED) is 0.553. The molecule has 1 fully saturated rings. The summed E-state index contributed by atoms with van der Waals surface area (Å²) >= 11 is 0. The third-order valence-corrected chi connectivity index (χ3v) is 4.89. The van der Waals surface area contributed by atoms with Gasteiger partial charge in [-0.05, 0) is 30.7 Å². The van der Waals surface area contributed by atoms with E-state index in [0.717, 1.165) is 0 Å². The van der Waals surface area contributed by atoms with Gasteiger partial charge in [0.15, 0.2) is 17.3 Å². The van der Waals surface area contributed by atoms with Gasteiger partial charge >= 0.3 is 6.09 Å². The molecule has 1 saturated heterocycles. The van der Waals surface area contributed by atoms with Crippen LogP contribution in [0, 0.1) is 5.82 Å². The van der Waals surface area contributed by atoms with Crippen molar-refractivity contribution in [3.8, 4) is 17.2 Å². The lowest BCUT2D eigenvalue weighted by Gasteiger charge is -2.13. The van der Waals surface area contributed by atoms with E-state index in [4.69, 9.17) is 19.9 Å². The molecule has 0 radical (unpaired) electrons. The van der Waals surface area contributed by atoms with E-state index in [2.05, 4.69) is 5.10 Å². The molecule has 1 aromatic heterocycles. The Morgan fingerprint density at radius 1 is 1.29 bits per heavy atom. The zero-order chi connectivity index (χ0) is 22.0. The SMILES string of the molecule is Cn1ncc2cc(C(N)=O)cc(Oc3ccc(OCCCN4CCOC4=O)cc3F)c21. The topological polar surface area (TPSA) is 109 Å². The van der Waals surface area contributed by atoms with Gasteiger partial charge in [0.1, 0.15) is 17.9 Å². The lowest BCUT2D eigenvalue weighted by Crippen LogP contribution is -2.26. The van der Waals surface area contributed by atoms with E-state index in [1.807, 2.05) is 0 Å². The molecule has 2 N–H and O–H groups in total. The number of halogens is 1. The molecule has 2 amide bonds. The second kappa shape index (κ2) is 8.50. The highest BCUT2D eigenvalue weighted by Gasteiger charge is 2.21. The average molecular weight is 428 g/mol. The smallest absolute Gasteiger partial charge is 0.409 e. The summed E-state index contributed by atoms with van der Waals surface area (Å²) in [6.07, 6.45) is 1.84. The number of carbonyl (C=O) groups is 2. The maximum absolute atomic E-state index is 14.6. The van der Waals surface area contributed by atoms with Crippen LogP contribution in [0.1, 0.15) is 16.8 Å². The summed E-state index contributed by atoms with van der Waals surface area (Å²) in [5.41, 5.74) is 6.22. The predicted octanol–water partition coefficient (Wildman–Crippen LogP) is 2.82. The van der Waals surface area contributed by atoms with Gasteiger partial charge in [0.25, 0.3) is 0 Å². The summed E-state index contributed by atoms with van der Waals surface area (Å²) in [4.78, 5) is 24.6. The number of fused-ring (bicyclic) bond motifs is 1. The van der Waals surface area contributed by atoms with Gasteiger partial charge in [-0.1, -0.05) is 0 Å². The minimum atomic E-state index is -0.625. The molecule has 0 saturated carbocycles. The normalized spacial score (nSPS) is 13.5. The van der Waals surface area contributed by atoms with Gasteiger partial charge in [-0.15, -0.1) is 0 Å². The van der Waals surface area contributed by atoms with E-state index in [1.54, 1.807) is 35.0 Å². The number of amides is 2. The zero-order valence-electron chi connectivity index (χ0n) is 16.8. The molecule has 0 spiro atoms. The van der Waals surface area contributed by atoms with Crippen LogP contribution in [-0.4, -0.2) is 53.0 Å². The molecule has 0 bridgehead atoms.